The summed E-state index contributed by atoms with van der Waals surface area (Å²) in [5.74, 6) is 0.128. The van der Waals surface area contributed by atoms with Crippen molar-refractivity contribution < 1.29 is 4.79 Å². The molecule has 2 aromatic rings. The van der Waals surface area contributed by atoms with E-state index < -0.39 is 0 Å². The van der Waals surface area contributed by atoms with E-state index in [0.29, 0.717) is 6.04 Å². The topological polar surface area (TPSA) is 29.1 Å². The summed E-state index contributed by atoms with van der Waals surface area (Å²) in [6.45, 7) is 6.37. The molecule has 0 heterocycles. The maximum absolute atomic E-state index is 12.8. The van der Waals surface area contributed by atoms with Crippen molar-refractivity contribution in [3.63, 3.8) is 0 Å². The predicted molar refractivity (Wildman–Crippen MR) is 96.9 cm³/mol. The van der Waals surface area contributed by atoms with Gasteiger partial charge in [-0.1, -0.05) is 48.0 Å². The predicted octanol–water partition coefficient (Wildman–Crippen LogP) is 4.72. The Hall–Kier alpha value is -1.74. The van der Waals surface area contributed by atoms with Gasteiger partial charge >= 0.3 is 0 Å². The van der Waals surface area contributed by atoms with Crippen LogP contribution in [0.25, 0.3) is 0 Å². The van der Waals surface area contributed by atoms with Crippen molar-refractivity contribution >= 4 is 17.7 Å². The van der Waals surface area contributed by atoms with Gasteiger partial charge in [0.2, 0.25) is 5.91 Å². The molecule has 0 saturated heterocycles. The highest BCUT2D eigenvalue weighted by Crippen LogP contribution is 2.39. The van der Waals surface area contributed by atoms with Gasteiger partial charge < -0.3 is 5.32 Å². The second-order valence-electron chi connectivity index (χ2n) is 6.42. The Morgan fingerprint density at radius 2 is 1.70 bits per heavy atom. The number of benzene rings is 2. The Labute approximate surface area is 142 Å². The Morgan fingerprint density at radius 3 is 2.26 bits per heavy atom. The third-order valence-corrected chi connectivity index (χ3v) is 5.71. The first-order valence-electron chi connectivity index (χ1n) is 8.14. The number of hydrogen-bond donors (Lipinski definition) is 1. The van der Waals surface area contributed by atoms with Gasteiger partial charge in [-0.3, -0.25) is 4.79 Å². The molecule has 1 amide bonds. The molecule has 23 heavy (non-hydrogen) atoms. The summed E-state index contributed by atoms with van der Waals surface area (Å²) < 4.78 is 0. The maximum Gasteiger partial charge on any atom is 0.238 e. The van der Waals surface area contributed by atoms with Gasteiger partial charge in [-0.2, -0.15) is 0 Å². The average molecular weight is 325 g/mol. The smallest absolute Gasteiger partial charge is 0.238 e. The van der Waals surface area contributed by atoms with Crippen LogP contribution >= 0.6 is 11.8 Å². The number of aryl methyl sites for hydroxylation is 3. The average Bonchev–Trinajstić information content (AvgIpc) is 3.31. The van der Waals surface area contributed by atoms with Crippen LogP contribution in [0.1, 0.15) is 40.3 Å². The monoisotopic (exact) mass is 325 g/mol. The zero-order chi connectivity index (χ0) is 16.4. The molecule has 2 aromatic carbocycles. The highest BCUT2D eigenvalue weighted by Gasteiger charge is 2.29. The fourth-order valence-corrected chi connectivity index (χ4v) is 4.07. The van der Waals surface area contributed by atoms with E-state index in [1.807, 2.05) is 30.3 Å². The Balaban J connectivity index is 1.91. The molecule has 0 aliphatic heterocycles. The standard InChI is InChI=1S/C20H23NOS/c1-13-11-14(2)18(15(3)12-13)23-19(16-7-5-4-6-8-16)20(22)21-17-9-10-17/h4-8,11-12,17,19H,9-10H2,1-3H3,(H,21,22)/t19-/m0/s1. The van der Waals surface area contributed by atoms with Gasteiger partial charge in [0.15, 0.2) is 0 Å². The molecule has 120 valence electrons. The lowest BCUT2D eigenvalue weighted by Crippen LogP contribution is -2.29. The summed E-state index contributed by atoms with van der Waals surface area (Å²) in [5.41, 5.74) is 4.82. The van der Waals surface area contributed by atoms with Crippen LogP contribution in [0.3, 0.4) is 0 Å². The van der Waals surface area contributed by atoms with Crippen molar-refractivity contribution in [2.45, 2.75) is 49.8 Å². The molecular weight excluding hydrogens is 302 g/mol. The second kappa shape index (κ2) is 6.79. The van der Waals surface area contributed by atoms with E-state index in [1.54, 1.807) is 11.8 Å². The lowest BCUT2D eigenvalue weighted by Gasteiger charge is -2.19. The van der Waals surface area contributed by atoms with Crippen LogP contribution in [0.2, 0.25) is 0 Å². The first kappa shape index (κ1) is 16.1. The van der Waals surface area contributed by atoms with Crippen molar-refractivity contribution in [2.75, 3.05) is 0 Å². The van der Waals surface area contributed by atoms with Crippen LogP contribution in [0.5, 0.6) is 0 Å². The van der Waals surface area contributed by atoms with E-state index in [9.17, 15) is 4.79 Å². The lowest BCUT2D eigenvalue weighted by atomic mass is 10.1. The van der Waals surface area contributed by atoms with Crippen LogP contribution in [-0.2, 0) is 4.79 Å². The van der Waals surface area contributed by atoms with Crippen LogP contribution in [0.4, 0.5) is 0 Å². The number of carbonyl (C=O) groups is 1. The van der Waals surface area contributed by atoms with Crippen molar-refractivity contribution in [1.29, 1.82) is 0 Å². The van der Waals surface area contributed by atoms with E-state index in [0.717, 1.165) is 18.4 Å². The van der Waals surface area contributed by atoms with Gasteiger partial charge in [0.05, 0.1) is 0 Å². The fraction of sp³-hybridized carbons (Fsp3) is 0.350. The second-order valence-corrected chi connectivity index (χ2v) is 7.53. The quantitative estimate of drug-likeness (QED) is 0.806. The summed E-state index contributed by atoms with van der Waals surface area (Å²) in [5, 5.41) is 2.97. The van der Waals surface area contributed by atoms with Gasteiger partial charge in [0, 0.05) is 10.9 Å². The van der Waals surface area contributed by atoms with E-state index in [1.165, 1.54) is 21.6 Å². The van der Waals surface area contributed by atoms with Crippen molar-refractivity contribution in [3.05, 3.63) is 64.7 Å². The van der Waals surface area contributed by atoms with Gasteiger partial charge in [0.25, 0.3) is 0 Å². The molecule has 0 spiro atoms. The van der Waals surface area contributed by atoms with Crippen LogP contribution in [0.15, 0.2) is 47.4 Å². The molecule has 3 heteroatoms. The molecule has 2 nitrogen and oxygen atoms in total. The SMILES string of the molecule is Cc1cc(C)c(S[C@H](C(=O)NC2CC2)c2ccccc2)c(C)c1. The maximum atomic E-state index is 12.8. The summed E-state index contributed by atoms with van der Waals surface area (Å²) in [6.07, 6.45) is 2.22. The molecule has 1 N–H and O–H groups in total. The van der Waals surface area contributed by atoms with Crippen molar-refractivity contribution in [3.8, 4) is 0 Å². The third kappa shape index (κ3) is 3.97. The highest BCUT2D eigenvalue weighted by atomic mass is 32.2. The molecule has 0 bridgehead atoms. The van der Waals surface area contributed by atoms with Gasteiger partial charge in [-0.15, -0.1) is 11.8 Å². The molecule has 1 aliphatic carbocycles. The molecule has 1 atom stereocenters. The minimum absolute atomic E-state index is 0.128. The number of carbonyl (C=O) groups excluding carboxylic acids is 1. The molecule has 3 rings (SSSR count). The van der Waals surface area contributed by atoms with Crippen molar-refractivity contribution in [2.24, 2.45) is 0 Å². The van der Waals surface area contributed by atoms with Gasteiger partial charge in [-0.25, -0.2) is 0 Å². The molecule has 0 unspecified atom stereocenters. The molecule has 0 aromatic heterocycles. The number of hydrogen-bond acceptors (Lipinski definition) is 2. The Bertz CT molecular complexity index is 684. The number of nitrogens with one attached hydrogen (secondary N) is 1. The molecular formula is C20H23NOS. The van der Waals surface area contributed by atoms with Crippen molar-refractivity contribution in [1.82, 2.24) is 5.32 Å². The first-order valence-corrected chi connectivity index (χ1v) is 9.02. The van der Waals surface area contributed by atoms with Crippen LogP contribution in [0, 0.1) is 20.8 Å². The molecule has 0 radical (unpaired) electrons. The van der Waals surface area contributed by atoms with Crippen LogP contribution in [-0.4, -0.2) is 11.9 Å². The third-order valence-electron chi connectivity index (χ3n) is 4.10. The normalized spacial score (nSPS) is 15.3. The van der Waals surface area contributed by atoms with Crippen LogP contribution < -0.4 is 5.32 Å². The minimum atomic E-state index is -0.197. The molecule has 1 saturated carbocycles. The van der Waals surface area contributed by atoms with E-state index in [2.05, 4.69) is 38.2 Å². The largest absolute Gasteiger partial charge is 0.352 e. The first-order chi connectivity index (χ1) is 11.0. The zero-order valence-electron chi connectivity index (χ0n) is 13.9. The summed E-state index contributed by atoms with van der Waals surface area (Å²) in [6, 6.07) is 14.9. The number of amides is 1. The summed E-state index contributed by atoms with van der Waals surface area (Å²) >= 11 is 1.67. The zero-order valence-corrected chi connectivity index (χ0v) is 14.7. The van der Waals surface area contributed by atoms with Gasteiger partial charge in [-0.05, 0) is 50.3 Å². The lowest BCUT2D eigenvalue weighted by molar-refractivity contribution is -0.120. The summed E-state index contributed by atoms with van der Waals surface area (Å²) in [7, 11) is 0. The van der Waals surface area contributed by atoms with E-state index in [4.69, 9.17) is 0 Å². The highest BCUT2D eigenvalue weighted by molar-refractivity contribution is 8.00. The fourth-order valence-electron chi connectivity index (χ4n) is 2.88. The Kier molecular flexibility index (Phi) is 4.76. The molecule has 1 aliphatic rings. The number of rotatable bonds is 5. The number of thioether (sulfide) groups is 1. The molecule has 1 fully saturated rings. The Morgan fingerprint density at radius 1 is 1.09 bits per heavy atom. The van der Waals surface area contributed by atoms with E-state index in [-0.39, 0.29) is 11.2 Å². The van der Waals surface area contributed by atoms with E-state index >= 15 is 0 Å². The van der Waals surface area contributed by atoms with Gasteiger partial charge in [0.1, 0.15) is 5.25 Å². The summed E-state index contributed by atoms with van der Waals surface area (Å²) in [4.78, 5) is 14.0. The minimum Gasteiger partial charge on any atom is -0.352 e.